The first kappa shape index (κ1) is 9.25. The third-order valence-electron chi connectivity index (χ3n) is 1.29. The van der Waals surface area contributed by atoms with Gasteiger partial charge in [-0.15, -0.1) is 6.58 Å². The van der Waals surface area contributed by atoms with Gasteiger partial charge in [-0.05, 0) is 18.9 Å². The van der Waals surface area contributed by atoms with Crippen LogP contribution in [0.2, 0.25) is 6.04 Å². The second-order valence-electron chi connectivity index (χ2n) is 2.18. The fraction of sp³-hybridized carbons (Fsp3) is 0.714. The van der Waals surface area contributed by atoms with Crippen LogP contribution in [-0.4, -0.2) is 8.83 Å². The highest BCUT2D eigenvalue weighted by Crippen LogP contribution is 2.03. The SMILES string of the molecule is C=CCCCCC[SiH2]Cl. The lowest BCUT2D eigenvalue weighted by Crippen LogP contribution is -1.78. The highest BCUT2D eigenvalue weighted by atomic mass is 35.6. The smallest absolute Gasteiger partial charge is 0.125 e. The maximum Gasteiger partial charge on any atom is 0.125 e. The summed E-state index contributed by atoms with van der Waals surface area (Å²) in [6.45, 7) is 3.66. The van der Waals surface area contributed by atoms with E-state index in [4.69, 9.17) is 11.1 Å². The fourth-order valence-electron chi connectivity index (χ4n) is 0.737. The molecule has 0 nitrogen and oxygen atoms in total. The Kier molecular flexibility index (Phi) is 8.47. The lowest BCUT2D eigenvalue weighted by atomic mass is 10.2. The van der Waals surface area contributed by atoms with E-state index in [9.17, 15) is 0 Å². The first-order valence-corrected chi connectivity index (χ1v) is 6.72. The number of hydrogen-bond acceptors (Lipinski definition) is 0. The monoisotopic (exact) mass is 162 g/mol. The molecule has 0 heterocycles. The molecule has 0 N–H and O–H groups in total. The van der Waals surface area contributed by atoms with Crippen LogP contribution in [0.5, 0.6) is 0 Å². The molecule has 0 bridgehead atoms. The van der Waals surface area contributed by atoms with Gasteiger partial charge < -0.3 is 0 Å². The highest BCUT2D eigenvalue weighted by molar-refractivity contribution is 6.93. The molecule has 0 rings (SSSR count). The van der Waals surface area contributed by atoms with Crippen molar-refractivity contribution in [1.29, 1.82) is 0 Å². The Morgan fingerprint density at radius 2 is 2.11 bits per heavy atom. The van der Waals surface area contributed by atoms with Gasteiger partial charge in [0.25, 0.3) is 0 Å². The van der Waals surface area contributed by atoms with Crippen LogP contribution in [-0.2, 0) is 0 Å². The first-order chi connectivity index (χ1) is 4.41. The van der Waals surface area contributed by atoms with Crippen LogP contribution < -0.4 is 0 Å². The van der Waals surface area contributed by atoms with Gasteiger partial charge in [0.2, 0.25) is 0 Å². The van der Waals surface area contributed by atoms with Crippen molar-refractivity contribution in [1.82, 2.24) is 0 Å². The summed E-state index contributed by atoms with van der Waals surface area (Å²) in [4.78, 5) is 0. The van der Waals surface area contributed by atoms with Crippen LogP contribution in [0.1, 0.15) is 25.7 Å². The lowest BCUT2D eigenvalue weighted by Gasteiger charge is -1.93. The lowest BCUT2D eigenvalue weighted by molar-refractivity contribution is 0.729. The summed E-state index contributed by atoms with van der Waals surface area (Å²) in [5, 5.41) is 0. The van der Waals surface area contributed by atoms with E-state index in [1.54, 1.807) is 0 Å². The summed E-state index contributed by atoms with van der Waals surface area (Å²) >= 11 is 5.63. The Morgan fingerprint density at radius 1 is 1.33 bits per heavy atom. The maximum absolute atomic E-state index is 5.63. The van der Waals surface area contributed by atoms with Gasteiger partial charge in [-0.1, -0.05) is 18.9 Å². The van der Waals surface area contributed by atoms with E-state index in [2.05, 4.69) is 6.58 Å². The summed E-state index contributed by atoms with van der Waals surface area (Å²) in [5.41, 5.74) is 0. The predicted octanol–water partition coefficient (Wildman–Crippen LogP) is 2.47. The molecule has 0 atom stereocenters. The number of allylic oxidation sites excluding steroid dienone is 1. The van der Waals surface area contributed by atoms with Crippen LogP contribution in [0.25, 0.3) is 0 Å². The first-order valence-electron chi connectivity index (χ1n) is 3.58. The molecule has 0 radical (unpaired) electrons. The zero-order valence-corrected chi connectivity index (χ0v) is 8.08. The molecule has 2 heteroatoms. The van der Waals surface area contributed by atoms with Crippen molar-refractivity contribution < 1.29 is 0 Å². The Bertz CT molecular complexity index is 63.9. The van der Waals surface area contributed by atoms with Crippen molar-refractivity contribution in [3.63, 3.8) is 0 Å². The molecule has 0 aliphatic heterocycles. The van der Waals surface area contributed by atoms with Crippen LogP contribution in [0.15, 0.2) is 12.7 Å². The van der Waals surface area contributed by atoms with Gasteiger partial charge in [0.1, 0.15) is 8.83 Å². The molecule has 0 saturated carbocycles. The van der Waals surface area contributed by atoms with Gasteiger partial charge in [-0.3, -0.25) is 0 Å². The van der Waals surface area contributed by atoms with E-state index in [0.717, 1.165) is 0 Å². The van der Waals surface area contributed by atoms with E-state index in [-0.39, 0.29) is 8.83 Å². The van der Waals surface area contributed by atoms with Gasteiger partial charge in [0, 0.05) is 0 Å². The molecule has 0 fully saturated rings. The van der Waals surface area contributed by atoms with Gasteiger partial charge in [0.15, 0.2) is 0 Å². The predicted molar refractivity (Wildman–Crippen MR) is 47.9 cm³/mol. The fourth-order valence-corrected chi connectivity index (χ4v) is 1.85. The molecule has 54 valence electrons. The Morgan fingerprint density at radius 3 is 2.67 bits per heavy atom. The molecule has 0 aliphatic rings. The number of halogens is 1. The van der Waals surface area contributed by atoms with Crippen LogP contribution >= 0.6 is 11.1 Å². The van der Waals surface area contributed by atoms with Crippen molar-refractivity contribution in [3.8, 4) is 0 Å². The van der Waals surface area contributed by atoms with Crippen LogP contribution in [0.4, 0.5) is 0 Å². The molecule has 0 aromatic rings. The topological polar surface area (TPSA) is 0 Å². The zero-order valence-electron chi connectivity index (χ0n) is 5.91. The molecular formula is C7H15ClSi. The molecule has 0 unspecified atom stereocenters. The molecular weight excluding hydrogens is 148 g/mol. The average molecular weight is 163 g/mol. The Labute approximate surface area is 64.8 Å². The Balaban J connectivity index is 2.66. The summed E-state index contributed by atoms with van der Waals surface area (Å²) in [5.74, 6) is 0. The van der Waals surface area contributed by atoms with Crippen LogP contribution in [0, 0.1) is 0 Å². The molecule has 0 aromatic carbocycles. The maximum atomic E-state index is 5.63. The van der Waals surface area contributed by atoms with Gasteiger partial charge in [-0.2, -0.15) is 11.1 Å². The molecule has 0 aromatic heterocycles. The molecule has 0 spiro atoms. The van der Waals surface area contributed by atoms with Crippen molar-refractivity contribution in [2.24, 2.45) is 0 Å². The molecule has 0 saturated heterocycles. The van der Waals surface area contributed by atoms with Crippen LogP contribution in [0.3, 0.4) is 0 Å². The van der Waals surface area contributed by atoms with Crippen molar-refractivity contribution in [3.05, 3.63) is 12.7 Å². The normalized spacial score (nSPS) is 10.8. The number of unbranched alkanes of at least 4 members (excludes halogenated alkanes) is 3. The van der Waals surface area contributed by atoms with Gasteiger partial charge in [0.05, 0.1) is 0 Å². The minimum absolute atomic E-state index is 0.174. The number of hydrogen-bond donors (Lipinski definition) is 0. The average Bonchev–Trinajstić information content (AvgIpc) is 1.89. The second kappa shape index (κ2) is 8.25. The zero-order chi connectivity index (χ0) is 6.95. The molecule has 9 heavy (non-hydrogen) atoms. The van der Waals surface area contributed by atoms with Gasteiger partial charge >= 0.3 is 0 Å². The highest BCUT2D eigenvalue weighted by Gasteiger charge is 1.85. The summed E-state index contributed by atoms with van der Waals surface area (Å²) in [6, 6.07) is 1.30. The van der Waals surface area contributed by atoms with Gasteiger partial charge in [-0.25, -0.2) is 0 Å². The summed E-state index contributed by atoms with van der Waals surface area (Å²) in [6.07, 6.45) is 7.13. The van der Waals surface area contributed by atoms with E-state index in [1.165, 1.54) is 31.7 Å². The largest absolute Gasteiger partial charge is 0.176 e. The minimum atomic E-state index is -0.174. The summed E-state index contributed by atoms with van der Waals surface area (Å²) in [7, 11) is -0.174. The number of rotatable bonds is 6. The third-order valence-corrected chi connectivity index (χ3v) is 2.86. The molecule has 0 aliphatic carbocycles. The molecule has 0 amide bonds. The standard InChI is InChI=1S/C7H15ClSi/c1-2-3-4-5-6-7-9-8/h2H,1,3-7,9H2. The van der Waals surface area contributed by atoms with E-state index in [1.807, 2.05) is 6.08 Å². The quantitative estimate of drug-likeness (QED) is 0.244. The Hall–Kier alpha value is 0.247. The third kappa shape index (κ3) is 8.25. The minimum Gasteiger partial charge on any atom is -0.176 e. The second-order valence-corrected chi connectivity index (χ2v) is 4.40. The van der Waals surface area contributed by atoms with Crippen molar-refractivity contribution in [2.45, 2.75) is 31.7 Å². The van der Waals surface area contributed by atoms with E-state index < -0.39 is 0 Å². The summed E-state index contributed by atoms with van der Waals surface area (Å²) < 4.78 is 0. The van der Waals surface area contributed by atoms with Crippen molar-refractivity contribution >= 4 is 19.9 Å². The van der Waals surface area contributed by atoms with Crippen molar-refractivity contribution in [2.75, 3.05) is 0 Å². The van der Waals surface area contributed by atoms with E-state index >= 15 is 0 Å². The van der Waals surface area contributed by atoms with E-state index in [0.29, 0.717) is 0 Å².